The smallest absolute Gasteiger partial charge is 0.00856 e. The fourth-order valence-corrected chi connectivity index (χ4v) is 0.279. The molecule has 0 atom stereocenters. The van der Waals surface area contributed by atoms with Gasteiger partial charge in [0.25, 0.3) is 0 Å². The third kappa shape index (κ3) is 10.7. The van der Waals surface area contributed by atoms with E-state index < -0.39 is 0 Å². The Hall–Kier alpha value is 0.120. The van der Waals surface area contributed by atoms with Gasteiger partial charge in [0.1, 0.15) is 0 Å². The predicted molar refractivity (Wildman–Crippen MR) is 40.4 cm³/mol. The van der Waals surface area contributed by atoms with Gasteiger partial charge in [-0.1, -0.05) is 24.8 Å². The molecule has 0 radical (unpaired) electrons. The van der Waals surface area contributed by atoms with Crippen LogP contribution in [-0.4, -0.2) is 5.75 Å². The van der Waals surface area contributed by atoms with E-state index in [9.17, 15) is 0 Å². The molecule has 0 bridgehead atoms. The summed E-state index contributed by atoms with van der Waals surface area (Å²) in [4.78, 5) is 0. The molecule has 0 aromatic rings. The summed E-state index contributed by atoms with van der Waals surface area (Å²) < 4.78 is 0. The molecule has 0 nitrogen and oxygen atoms in total. The molecule has 0 unspecified atom stereocenters. The van der Waals surface area contributed by atoms with Crippen molar-refractivity contribution in [2.24, 2.45) is 0 Å². The van der Waals surface area contributed by atoms with Crippen LogP contribution < -0.4 is 0 Å². The number of thiol groups is 1. The second kappa shape index (κ2) is 9.45. The van der Waals surface area contributed by atoms with Crippen LogP contribution in [0.15, 0.2) is 24.8 Å². The summed E-state index contributed by atoms with van der Waals surface area (Å²) >= 11 is 3.92. The standard InChI is InChI=1S/C5H8S.ClH/c1-2-3-4-5-6;/h2-4,6H,1,5H2;1H. The molecule has 0 heterocycles. The van der Waals surface area contributed by atoms with Gasteiger partial charge in [-0.05, 0) is 0 Å². The molecule has 0 rings (SSSR count). The van der Waals surface area contributed by atoms with Gasteiger partial charge in [0.05, 0.1) is 0 Å². The first-order valence-corrected chi connectivity index (χ1v) is 2.43. The molecule has 7 heavy (non-hydrogen) atoms. The summed E-state index contributed by atoms with van der Waals surface area (Å²) in [5, 5.41) is 0. The molecule has 0 fully saturated rings. The molecule has 0 aromatic heterocycles. The van der Waals surface area contributed by atoms with Gasteiger partial charge in [-0.25, -0.2) is 0 Å². The van der Waals surface area contributed by atoms with E-state index in [1.807, 2.05) is 12.2 Å². The van der Waals surface area contributed by atoms with Crippen molar-refractivity contribution in [3.63, 3.8) is 0 Å². The molecular formula is C5H9ClS. The molecule has 0 N–H and O–H groups in total. The van der Waals surface area contributed by atoms with E-state index in [1.165, 1.54) is 0 Å². The number of rotatable bonds is 2. The van der Waals surface area contributed by atoms with E-state index in [0.29, 0.717) is 0 Å². The van der Waals surface area contributed by atoms with E-state index in [2.05, 4.69) is 19.2 Å². The van der Waals surface area contributed by atoms with Crippen LogP contribution in [-0.2, 0) is 0 Å². The van der Waals surface area contributed by atoms with Gasteiger partial charge in [0, 0.05) is 5.75 Å². The number of hydrogen-bond acceptors (Lipinski definition) is 1. The van der Waals surface area contributed by atoms with Crippen molar-refractivity contribution in [1.29, 1.82) is 0 Å². The monoisotopic (exact) mass is 136 g/mol. The zero-order valence-electron chi connectivity index (χ0n) is 4.00. The summed E-state index contributed by atoms with van der Waals surface area (Å²) in [5.74, 6) is 0.798. The lowest BCUT2D eigenvalue weighted by Crippen LogP contribution is -1.53. The molecule has 0 aliphatic heterocycles. The van der Waals surface area contributed by atoms with Crippen LogP contribution in [0.25, 0.3) is 0 Å². The largest absolute Gasteiger partial charge is 0.175 e. The first-order valence-electron chi connectivity index (χ1n) is 1.80. The maximum absolute atomic E-state index is 3.92. The molecule has 0 spiro atoms. The second-order valence-corrected chi connectivity index (χ2v) is 1.21. The zero-order valence-corrected chi connectivity index (χ0v) is 5.71. The Morgan fingerprint density at radius 3 is 2.29 bits per heavy atom. The van der Waals surface area contributed by atoms with E-state index >= 15 is 0 Å². The van der Waals surface area contributed by atoms with Crippen molar-refractivity contribution in [2.45, 2.75) is 0 Å². The van der Waals surface area contributed by atoms with E-state index in [-0.39, 0.29) is 12.4 Å². The van der Waals surface area contributed by atoms with E-state index in [0.717, 1.165) is 5.75 Å². The number of halogens is 1. The van der Waals surface area contributed by atoms with Gasteiger partial charge in [-0.3, -0.25) is 0 Å². The first-order chi connectivity index (χ1) is 2.91. The number of hydrogen-bond donors (Lipinski definition) is 1. The average molecular weight is 137 g/mol. The van der Waals surface area contributed by atoms with Crippen molar-refractivity contribution in [1.82, 2.24) is 0 Å². The average Bonchev–Trinajstić information content (AvgIpc) is 1.61. The summed E-state index contributed by atoms with van der Waals surface area (Å²) in [5.41, 5.74) is 0. The van der Waals surface area contributed by atoms with Crippen molar-refractivity contribution < 1.29 is 0 Å². The zero-order chi connectivity index (χ0) is 4.83. The Morgan fingerprint density at radius 1 is 1.57 bits per heavy atom. The van der Waals surface area contributed by atoms with Gasteiger partial charge in [-0.15, -0.1) is 12.4 Å². The Kier molecular flexibility index (Phi) is 13.7. The third-order valence-corrected chi connectivity index (χ3v) is 0.588. The molecule has 0 amide bonds. The summed E-state index contributed by atoms with van der Waals surface area (Å²) in [6.45, 7) is 3.48. The number of allylic oxidation sites excluding steroid dienone is 2. The Morgan fingerprint density at radius 2 is 2.14 bits per heavy atom. The molecule has 42 valence electrons. The lowest BCUT2D eigenvalue weighted by atomic mass is 10.5. The fraction of sp³-hybridized carbons (Fsp3) is 0.200. The van der Waals surface area contributed by atoms with Crippen molar-refractivity contribution in [3.05, 3.63) is 24.8 Å². The quantitative estimate of drug-likeness (QED) is 0.436. The Balaban J connectivity index is 0. The Labute approximate surface area is 56.1 Å². The molecule has 0 saturated carbocycles. The van der Waals surface area contributed by atoms with Crippen LogP contribution in [0, 0.1) is 0 Å². The highest BCUT2D eigenvalue weighted by molar-refractivity contribution is 7.80. The molecule has 0 aliphatic rings. The maximum Gasteiger partial charge on any atom is 0.00856 e. The highest BCUT2D eigenvalue weighted by Crippen LogP contribution is 1.75. The van der Waals surface area contributed by atoms with Gasteiger partial charge >= 0.3 is 0 Å². The molecule has 2 heteroatoms. The summed E-state index contributed by atoms with van der Waals surface area (Å²) in [6.07, 6.45) is 5.53. The topological polar surface area (TPSA) is 0 Å². The van der Waals surface area contributed by atoms with Crippen LogP contribution >= 0.6 is 25.0 Å². The second-order valence-electron chi connectivity index (χ2n) is 0.846. The van der Waals surface area contributed by atoms with Crippen LogP contribution in [0.4, 0.5) is 0 Å². The lowest BCUT2D eigenvalue weighted by Gasteiger charge is -1.67. The highest BCUT2D eigenvalue weighted by atomic mass is 35.5. The van der Waals surface area contributed by atoms with Crippen molar-refractivity contribution in [2.75, 3.05) is 5.75 Å². The van der Waals surface area contributed by atoms with Gasteiger partial charge < -0.3 is 0 Å². The van der Waals surface area contributed by atoms with Gasteiger partial charge in [-0.2, -0.15) is 12.6 Å². The van der Waals surface area contributed by atoms with E-state index in [1.54, 1.807) is 6.08 Å². The summed E-state index contributed by atoms with van der Waals surface area (Å²) in [6, 6.07) is 0. The molecular weight excluding hydrogens is 128 g/mol. The van der Waals surface area contributed by atoms with Crippen LogP contribution in [0.2, 0.25) is 0 Å². The van der Waals surface area contributed by atoms with Gasteiger partial charge in [0.2, 0.25) is 0 Å². The lowest BCUT2D eigenvalue weighted by molar-refractivity contribution is 1.78. The normalized spacial score (nSPS) is 8.14. The molecule has 0 aromatic carbocycles. The first kappa shape index (κ1) is 10.2. The fourth-order valence-electron chi connectivity index (χ4n) is 0.157. The van der Waals surface area contributed by atoms with Crippen molar-refractivity contribution in [3.8, 4) is 0 Å². The SMILES string of the molecule is C=CC=CCS.Cl. The van der Waals surface area contributed by atoms with Gasteiger partial charge in [0.15, 0.2) is 0 Å². The highest BCUT2D eigenvalue weighted by Gasteiger charge is 1.55. The van der Waals surface area contributed by atoms with Crippen LogP contribution in [0.1, 0.15) is 0 Å². The van der Waals surface area contributed by atoms with Crippen LogP contribution in [0.5, 0.6) is 0 Å². The van der Waals surface area contributed by atoms with Crippen molar-refractivity contribution >= 4 is 25.0 Å². The minimum atomic E-state index is 0. The minimum Gasteiger partial charge on any atom is -0.175 e. The van der Waals surface area contributed by atoms with Crippen LogP contribution in [0.3, 0.4) is 0 Å². The Bertz CT molecular complexity index is 59.1. The molecule has 0 saturated heterocycles. The molecule has 0 aliphatic carbocycles. The summed E-state index contributed by atoms with van der Waals surface area (Å²) in [7, 11) is 0. The van der Waals surface area contributed by atoms with E-state index in [4.69, 9.17) is 0 Å². The third-order valence-electron chi connectivity index (χ3n) is 0.378. The predicted octanol–water partition coefficient (Wildman–Crippen LogP) is 2.08. The minimum absolute atomic E-state index is 0. The maximum atomic E-state index is 3.92.